The van der Waals surface area contributed by atoms with Gasteiger partial charge >= 0.3 is 5.97 Å². The minimum absolute atomic E-state index is 0.0107. The van der Waals surface area contributed by atoms with Crippen molar-refractivity contribution >= 4 is 21.7 Å². The van der Waals surface area contributed by atoms with E-state index in [4.69, 9.17) is 10.8 Å². The summed E-state index contributed by atoms with van der Waals surface area (Å²) in [5.41, 5.74) is 5.54. The summed E-state index contributed by atoms with van der Waals surface area (Å²) in [4.78, 5) is 10.9. The van der Waals surface area contributed by atoms with E-state index in [1.807, 2.05) is 6.92 Å². The quantitative estimate of drug-likeness (QED) is 0.694. The molecule has 2 rings (SSSR count). The zero-order chi connectivity index (χ0) is 15.7. The SMILES string of the molecule is CCC1(CNS(=O)(=O)c2cc(N)ccc2C(=O)O)CCC1. The Morgan fingerprint density at radius 1 is 1.43 bits per heavy atom. The summed E-state index contributed by atoms with van der Waals surface area (Å²) < 4.78 is 27.3. The molecule has 0 atom stereocenters. The van der Waals surface area contributed by atoms with E-state index in [0.29, 0.717) is 6.54 Å². The Kier molecular flexibility index (Phi) is 4.25. The van der Waals surface area contributed by atoms with Crippen LogP contribution in [0.25, 0.3) is 0 Å². The molecule has 0 unspecified atom stereocenters. The Morgan fingerprint density at radius 3 is 2.57 bits per heavy atom. The van der Waals surface area contributed by atoms with Crippen molar-refractivity contribution in [1.29, 1.82) is 0 Å². The molecule has 0 bridgehead atoms. The van der Waals surface area contributed by atoms with E-state index in [9.17, 15) is 13.2 Å². The van der Waals surface area contributed by atoms with E-state index in [0.717, 1.165) is 25.7 Å². The Balaban J connectivity index is 2.27. The predicted molar refractivity (Wildman–Crippen MR) is 79.6 cm³/mol. The third kappa shape index (κ3) is 3.19. The van der Waals surface area contributed by atoms with E-state index in [2.05, 4.69) is 4.72 Å². The molecule has 1 fully saturated rings. The molecule has 21 heavy (non-hydrogen) atoms. The number of benzene rings is 1. The number of carboxylic acids is 1. The Bertz CT molecular complexity index is 645. The fraction of sp³-hybridized carbons (Fsp3) is 0.500. The van der Waals surface area contributed by atoms with Crippen molar-refractivity contribution in [2.75, 3.05) is 12.3 Å². The molecule has 0 aromatic heterocycles. The lowest BCUT2D eigenvalue weighted by molar-refractivity contribution is 0.0692. The van der Waals surface area contributed by atoms with E-state index in [-0.39, 0.29) is 21.6 Å². The number of carbonyl (C=O) groups is 1. The van der Waals surface area contributed by atoms with E-state index >= 15 is 0 Å². The lowest BCUT2D eigenvalue weighted by Crippen LogP contribution is -2.41. The third-order valence-electron chi connectivity index (χ3n) is 4.33. The second-order valence-corrected chi connectivity index (χ2v) is 7.33. The van der Waals surface area contributed by atoms with E-state index in [1.54, 1.807) is 0 Å². The van der Waals surface area contributed by atoms with Gasteiger partial charge in [0, 0.05) is 12.2 Å². The lowest BCUT2D eigenvalue weighted by Gasteiger charge is -2.41. The molecule has 0 aliphatic heterocycles. The van der Waals surface area contributed by atoms with Crippen LogP contribution in [0.2, 0.25) is 0 Å². The molecule has 1 aromatic rings. The van der Waals surface area contributed by atoms with Crippen LogP contribution in [-0.4, -0.2) is 26.0 Å². The van der Waals surface area contributed by atoms with Crippen LogP contribution in [0.3, 0.4) is 0 Å². The Labute approximate surface area is 124 Å². The number of aromatic carboxylic acids is 1. The minimum Gasteiger partial charge on any atom is -0.478 e. The number of sulfonamides is 1. The largest absolute Gasteiger partial charge is 0.478 e. The molecule has 1 saturated carbocycles. The Hall–Kier alpha value is -1.60. The molecule has 0 spiro atoms. The van der Waals surface area contributed by atoms with Crippen molar-refractivity contribution in [2.24, 2.45) is 5.41 Å². The maximum absolute atomic E-state index is 12.4. The topological polar surface area (TPSA) is 109 Å². The fourth-order valence-electron chi connectivity index (χ4n) is 2.60. The van der Waals surface area contributed by atoms with Crippen LogP contribution in [0.5, 0.6) is 0 Å². The van der Waals surface area contributed by atoms with Crippen LogP contribution in [0.1, 0.15) is 43.0 Å². The van der Waals surface area contributed by atoms with Gasteiger partial charge in [-0.2, -0.15) is 0 Å². The van der Waals surface area contributed by atoms with Crippen molar-refractivity contribution in [3.8, 4) is 0 Å². The van der Waals surface area contributed by atoms with Gasteiger partial charge in [-0.05, 0) is 42.9 Å². The molecule has 116 valence electrons. The van der Waals surface area contributed by atoms with Crippen molar-refractivity contribution in [3.05, 3.63) is 23.8 Å². The zero-order valence-corrected chi connectivity index (χ0v) is 12.7. The summed E-state index contributed by atoms with van der Waals surface area (Å²) in [6.07, 6.45) is 4.00. The van der Waals surface area contributed by atoms with Gasteiger partial charge in [-0.1, -0.05) is 13.3 Å². The molecule has 1 aliphatic carbocycles. The molecular weight excluding hydrogens is 292 g/mol. The maximum atomic E-state index is 12.4. The van der Waals surface area contributed by atoms with Crippen LogP contribution < -0.4 is 10.5 Å². The van der Waals surface area contributed by atoms with Crippen LogP contribution in [-0.2, 0) is 10.0 Å². The van der Waals surface area contributed by atoms with Gasteiger partial charge in [0.05, 0.1) is 10.5 Å². The molecule has 1 aliphatic rings. The summed E-state index contributed by atoms with van der Waals surface area (Å²) in [6.45, 7) is 2.37. The molecule has 6 nitrogen and oxygen atoms in total. The number of rotatable bonds is 6. The Morgan fingerprint density at radius 2 is 2.10 bits per heavy atom. The number of anilines is 1. The molecular formula is C14H20N2O4S. The molecule has 0 heterocycles. The number of nitrogens with one attached hydrogen (secondary N) is 1. The first-order chi connectivity index (χ1) is 9.80. The second kappa shape index (κ2) is 5.65. The van der Waals surface area contributed by atoms with Crippen molar-refractivity contribution in [2.45, 2.75) is 37.5 Å². The number of nitrogen functional groups attached to an aromatic ring is 1. The van der Waals surface area contributed by atoms with Crippen LogP contribution in [0.15, 0.2) is 23.1 Å². The standard InChI is InChI=1S/C14H20N2O4S/c1-2-14(6-3-7-14)9-16-21(19,20)12-8-10(15)4-5-11(12)13(17)18/h4-5,8,16H,2-3,6-7,9,15H2,1H3,(H,17,18). The van der Waals surface area contributed by atoms with Gasteiger partial charge < -0.3 is 10.8 Å². The first kappa shape index (κ1) is 15.8. The van der Waals surface area contributed by atoms with Crippen LogP contribution in [0, 0.1) is 5.41 Å². The average molecular weight is 312 g/mol. The van der Waals surface area contributed by atoms with Gasteiger partial charge in [0.25, 0.3) is 0 Å². The summed E-state index contributed by atoms with van der Waals surface area (Å²) in [5.74, 6) is -1.29. The number of carboxylic acid groups (broad SMARTS) is 1. The third-order valence-corrected chi connectivity index (χ3v) is 5.77. The highest BCUT2D eigenvalue weighted by Crippen LogP contribution is 2.43. The minimum atomic E-state index is -3.89. The summed E-state index contributed by atoms with van der Waals surface area (Å²) >= 11 is 0. The van der Waals surface area contributed by atoms with Crippen molar-refractivity contribution < 1.29 is 18.3 Å². The lowest BCUT2D eigenvalue weighted by atomic mass is 9.67. The first-order valence-corrected chi connectivity index (χ1v) is 8.40. The summed E-state index contributed by atoms with van der Waals surface area (Å²) in [5, 5.41) is 9.12. The molecule has 7 heteroatoms. The predicted octanol–water partition coefficient (Wildman–Crippen LogP) is 1.83. The van der Waals surface area contributed by atoms with E-state index < -0.39 is 16.0 Å². The maximum Gasteiger partial charge on any atom is 0.337 e. The second-order valence-electron chi connectivity index (χ2n) is 5.59. The van der Waals surface area contributed by atoms with Crippen molar-refractivity contribution in [1.82, 2.24) is 4.72 Å². The zero-order valence-electron chi connectivity index (χ0n) is 11.9. The van der Waals surface area contributed by atoms with Crippen molar-refractivity contribution in [3.63, 3.8) is 0 Å². The van der Waals surface area contributed by atoms with Gasteiger partial charge in [0.1, 0.15) is 0 Å². The first-order valence-electron chi connectivity index (χ1n) is 6.92. The molecule has 0 radical (unpaired) electrons. The van der Waals surface area contributed by atoms with Gasteiger partial charge in [-0.3, -0.25) is 0 Å². The number of hydrogen-bond donors (Lipinski definition) is 3. The normalized spacial score (nSPS) is 17.2. The smallest absolute Gasteiger partial charge is 0.337 e. The highest BCUT2D eigenvalue weighted by molar-refractivity contribution is 7.89. The van der Waals surface area contributed by atoms with Crippen LogP contribution in [0.4, 0.5) is 5.69 Å². The van der Waals surface area contributed by atoms with Crippen LogP contribution >= 0.6 is 0 Å². The highest BCUT2D eigenvalue weighted by Gasteiger charge is 2.36. The number of nitrogens with two attached hydrogens (primary N) is 1. The molecule has 0 saturated heterocycles. The highest BCUT2D eigenvalue weighted by atomic mass is 32.2. The summed E-state index contributed by atoms with van der Waals surface area (Å²) in [6, 6.07) is 3.78. The number of hydrogen-bond acceptors (Lipinski definition) is 4. The van der Waals surface area contributed by atoms with E-state index in [1.165, 1.54) is 18.2 Å². The van der Waals surface area contributed by atoms with Gasteiger partial charge in [0.2, 0.25) is 10.0 Å². The average Bonchev–Trinajstić information content (AvgIpc) is 2.37. The monoisotopic (exact) mass is 312 g/mol. The van der Waals surface area contributed by atoms with Gasteiger partial charge in [-0.15, -0.1) is 0 Å². The summed E-state index contributed by atoms with van der Waals surface area (Å²) in [7, 11) is -3.89. The molecule has 1 aromatic carbocycles. The van der Waals surface area contributed by atoms with Gasteiger partial charge in [0.15, 0.2) is 0 Å². The fourth-order valence-corrected chi connectivity index (χ4v) is 3.98. The molecule has 0 amide bonds. The molecule has 4 N–H and O–H groups in total. The van der Waals surface area contributed by atoms with Gasteiger partial charge in [-0.25, -0.2) is 17.9 Å².